The number of rotatable bonds is 4. The van der Waals surface area contributed by atoms with E-state index in [4.69, 9.17) is 5.73 Å². The van der Waals surface area contributed by atoms with Crippen molar-refractivity contribution in [1.29, 1.82) is 0 Å². The lowest BCUT2D eigenvalue weighted by Crippen LogP contribution is -2.23. The maximum Gasteiger partial charge on any atom is 0.257 e. The summed E-state index contributed by atoms with van der Waals surface area (Å²) in [7, 11) is 0. The van der Waals surface area contributed by atoms with Crippen LogP contribution in [0.1, 0.15) is 16.8 Å². The second-order valence-electron chi connectivity index (χ2n) is 6.41. The van der Waals surface area contributed by atoms with E-state index < -0.39 is 0 Å². The highest BCUT2D eigenvalue weighted by Crippen LogP contribution is 2.39. The molecular weight excluding hydrogens is 396 g/mol. The van der Waals surface area contributed by atoms with Crippen LogP contribution < -0.4 is 16.0 Å². The van der Waals surface area contributed by atoms with Crippen LogP contribution in [-0.2, 0) is 0 Å². The zero-order valence-corrected chi connectivity index (χ0v) is 15.7. The number of hydrogen-bond acceptors (Lipinski definition) is 5. The minimum atomic E-state index is -0.203. The second kappa shape index (κ2) is 7.05. The Labute approximate surface area is 159 Å². The van der Waals surface area contributed by atoms with E-state index in [9.17, 15) is 4.79 Å². The van der Waals surface area contributed by atoms with Gasteiger partial charge in [-0.25, -0.2) is 4.98 Å². The number of aromatic amines is 1. The number of pyridine rings is 2. The molecule has 3 aromatic rings. The first kappa shape index (κ1) is 17.0. The number of H-pyrrole nitrogens is 1. The first-order valence-corrected chi connectivity index (χ1v) is 9.28. The third kappa shape index (κ3) is 3.06. The fraction of sp³-hybridized carbons (Fsp3) is 0.278. The summed E-state index contributed by atoms with van der Waals surface area (Å²) in [6.45, 7) is 2.51. The van der Waals surface area contributed by atoms with Crippen molar-refractivity contribution in [2.45, 2.75) is 6.42 Å². The molecule has 1 atom stereocenters. The highest BCUT2D eigenvalue weighted by molar-refractivity contribution is 9.10. The SMILES string of the molecule is NC[C@H]1CCN(c2c(Br)cnc3[nH]cc(NC(=O)c4cccnc4)c23)C1. The molecule has 0 radical (unpaired) electrons. The van der Waals surface area contributed by atoms with Crippen molar-refractivity contribution in [3.8, 4) is 0 Å². The largest absolute Gasteiger partial charge is 0.370 e. The van der Waals surface area contributed by atoms with Gasteiger partial charge in [-0.05, 0) is 46.9 Å². The molecule has 1 fully saturated rings. The van der Waals surface area contributed by atoms with Gasteiger partial charge in [0.25, 0.3) is 5.91 Å². The molecule has 7 nitrogen and oxygen atoms in total. The quantitative estimate of drug-likeness (QED) is 0.609. The Hall–Kier alpha value is -2.45. The molecule has 4 heterocycles. The van der Waals surface area contributed by atoms with E-state index in [1.807, 2.05) is 0 Å². The van der Waals surface area contributed by atoms with Gasteiger partial charge in [0.2, 0.25) is 0 Å². The topological polar surface area (TPSA) is 99.9 Å². The van der Waals surface area contributed by atoms with Crippen LogP contribution in [0.25, 0.3) is 11.0 Å². The van der Waals surface area contributed by atoms with Crippen LogP contribution in [0.2, 0.25) is 0 Å². The fourth-order valence-corrected chi connectivity index (χ4v) is 3.93. The van der Waals surface area contributed by atoms with Crippen molar-refractivity contribution in [2.24, 2.45) is 11.7 Å². The Bertz CT molecular complexity index is 942. The van der Waals surface area contributed by atoms with E-state index in [1.165, 1.54) is 0 Å². The van der Waals surface area contributed by atoms with Crippen LogP contribution in [-0.4, -0.2) is 40.5 Å². The lowest BCUT2D eigenvalue weighted by molar-refractivity contribution is 0.102. The average molecular weight is 415 g/mol. The third-order valence-corrected chi connectivity index (χ3v) is 5.32. The number of fused-ring (bicyclic) bond motifs is 1. The molecule has 1 amide bonds. The number of nitrogens with zero attached hydrogens (tertiary/aromatic N) is 3. The molecule has 0 unspecified atom stereocenters. The van der Waals surface area contributed by atoms with Gasteiger partial charge in [-0.2, -0.15) is 0 Å². The number of amides is 1. The van der Waals surface area contributed by atoms with E-state index in [2.05, 4.69) is 41.1 Å². The standard InChI is InChI=1S/C18H19BrN6O/c19-13-8-22-17-15(16(13)25-5-3-11(6-20)10-25)14(9-23-17)24-18(26)12-2-1-4-21-7-12/h1-2,4,7-9,11H,3,5-6,10,20H2,(H,22,23)(H,24,26)/t11-/m1/s1. The zero-order chi connectivity index (χ0) is 18.1. The molecule has 134 valence electrons. The van der Waals surface area contributed by atoms with Crippen molar-refractivity contribution in [3.05, 3.63) is 47.0 Å². The molecule has 0 bridgehead atoms. The minimum absolute atomic E-state index is 0.203. The summed E-state index contributed by atoms with van der Waals surface area (Å²) >= 11 is 3.63. The molecule has 1 aliphatic rings. The lowest BCUT2D eigenvalue weighted by atomic mass is 10.1. The molecule has 4 rings (SSSR count). The maximum absolute atomic E-state index is 12.5. The van der Waals surface area contributed by atoms with Crippen molar-refractivity contribution >= 4 is 44.2 Å². The van der Waals surface area contributed by atoms with Gasteiger partial charge in [-0.3, -0.25) is 9.78 Å². The van der Waals surface area contributed by atoms with Gasteiger partial charge in [-0.1, -0.05) is 0 Å². The highest BCUT2D eigenvalue weighted by atomic mass is 79.9. The van der Waals surface area contributed by atoms with Gasteiger partial charge in [-0.15, -0.1) is 0 Å². The first-order valence-electron chi connectivity index (χ1n) is 8.49. The Balaban J connectivity index is 1.72. The molecular formula is C18H19BrN6O. The average Bonchev–Trinajstić information content (AvgIpc) is 3.30. The molecule has 0 aromatic carbocycles. The van der Waals surface area contributed by atoms with Gasteiger partial charge in [0.1, 0.15) is 5.65 Å². The molecule has 0 saturated carbocycles. The van der Waals surface area contributed by atoms with Gasteiger partial charge in [0, 0.05) is 37.9 Å². The monoisotopic (exact) mass is 414 g/mol. The number of anilines is 2. The molecule has 1 aliphatic heterocycles. The number of halogens is 1. The normalized spacial score (nSPS) is 17.0. The summed E-state index contributed by atoms with van der Waals surface area (Å²) < 4.78 is 0.902. The Morgan fingerprint density at radius 3 is 3.08 bits per heavy atom. The number of hydrogen-bond donors (Lipinski definition) is 3. The summed E-state index contributed by atoms with van der Waals surface area (Å²) in [5.41, 5.74) is 8.83. The number of aromatic nitrogens is 3. The van der Waals surface area contributed by atoms with Crippen LogP contribution >= 0.6 is 15.9 Å². The fourth-order valence-electron chi connectivity index (χ4n) is 3.38. The highest BCUT2D eigenvalue weighted by Gasteiger charge is 2.26. The number of nitrogens with one attached hydrogen (secondary N) is 2. The summed E-state index contributed by atoms with van der Waals surface area (Å²) in [6.07, 6.45) is 7.82. The van der Waals surface area contributed by atoms with Crippen LogP contribution in [0, 0.1) is 5.92 Å². The molecule has 0 spiro atoms. The van der Waals surface area contributed by atoms with Crippen LogP contribution in [0.15, 0.2) is 41.4 Å². The Morgan fingerprint density at radius 2 is 2.35 bits per heavy atom. The van der Waals surface area contributed by atoms with Crippen molar-refractivity contribution in [2.75, 3.05) is 29.9 Å². The van der Waals surface area contributed by atoms with E-state index in [1.54, 1.807) is 36.9 Å². The van der Waals surface area contributed by atoms with Gasteiger partial charge >= 0.3 is 0 Å². The summed E-state index contributed by atoms with van der Waals surface area (Å²) in [5, 5.41) is 3.87. The van der Waals surface area contributed by atoms with E-state index >= 15 is 0 Å². The van der Waals surface area contributed by atoms with Crippen LogP contribution in [0.5, 0.6) is 0 Å². The summed E-state index contributed by atoms with van der Waals surface area (Å²) in [5.74, 6) is 0.281. The van der Waals surface area contributed by atoms with Crippen LogP contribution in [0.3, 0.4) is 0 Å². The Kier molecular flexibility index (Phi) is 4.60. The predicted octanol–water partition coefficient (Wildman–Crippen LogP) is 2.76. The van der Waals surface area contributed by atoms with Crippen molar-refractivity contribution < 1.29 is 4.79 Å². The third-order valence-electron chi connectivity index (χ3n) is 4.74. The summed E-state index contributed by atoms with van der Waals surface area (Å²) in [6, 6.07) is 3.48. The van der Waals surface area contributed by atoms with Crippen LogP contribution in [0.4, 0.5) is 11.4 Å². The minimum Gasteiger partial charge on any atom is -0.370 e. The molecule has 1 saturated heterocycles. The molecule has 4 N–H and O–H groups in total. The van der Waals surface area contributed by atoms with Gasteiger partial charge < -0.3 is 20.9 Å². The predicted molar refractivity (Wildman–Crippen MR) is 105 cm³/mol. The zero-order valence-electron chi connectivity index (χ0n) is 14.1. The van der Waals surface area contributed by atoms with Crippen molar-refractivity contribution in [3.63, 3.8) is 0 Å². The molecule has 3 aromatic heterocycles. The van der Waals surface area contributed by atoms with E-state index in [0.29, 0.717) is 23.7 Å². The first-order chi connectivity index (χ1) is 12.7. The second-order valence-corrected chi connectivity index (χ2v) is 7.27. The number of nitrogens with two attached hydrogens (primary N) is 1. The molecule has 8 heteroatoms. The van der Waals surface area contributed by atoms with E-state index in [0.717, 1.165) is 40.7 Å². The van der Waals surface area contributed by atoms with Gasteiger partial charge in [0.05, 0.1) is 26.8 Å². The Morgan fingerprint density at radius 1 is 1.46 bits per heavy atom. The maximum atomic E-state index is 12.5. The van der Waals surface area contributed by atoms with Crippen molar-refractivity contribution in [1.82, 2.24) is 15.0 Å². The van der Waals surface area contributed by atoms with Gasteiger partial charge in [0.15, 0.2) is 0 Å². The lowest BCUT2D eigenvalue weighted by Gasteiger charge is -2.21. The molecule has 0 aliphatic carbocycles. The number of carbonyl (C=O) groups is 1. The molecule has 26 heavy (non-hydrogen) atoms. The summed E-state index contributed by atoms with van der Waals surface area (Å²) in [4.78, 5) is 26.4. The van der Waals surface area contributed by atoms with E-state index in [-0.39, 0.29) is 5.91 Å². The smallest absolute Gasteiger partial charge is 0.257 e. The number of carbonyl (C=O) groups excluding carboxylic acids is 1.